The SMILES string of the molecule is CNc1ncc(C(=O)O)cc1N.Cl. The molecule has 0 saturated heterocycles. The molecule has 5 nitrogen and oxygen atoms in total. The van der Waals surface area contributed by atoms with Gasteiger partial charge in [-0.3, -0.25) is 0 Å². The molecule has 0 fully saturated rings. The van der Waals surface area contributed by atoms with Crippen LogP contribution < -0.4 is 11.1 Å². The van der Waals surface area contributed by atoms with Gasteiger partial charge in [0.05, 0.1) is 11.3 Å². The van der Waals surface area contributed by atoms with Crippen LogP contribution in [0.3, 0.4) is 0 Å². The Balaban J connectivity index is 0.00000144. The monoisotopic (exact) mass is 203 g/mol. The second-order valence-corrected chi connectivity index (χ2v) is 2.22. The Hall–Kier alpha value is -1.49. The molecule has 4 N–H and O–H groups in total. The van der Waals surface area contributed by atoms with Gasteiger partial charge in [0.15, 0.2) is 0 Å². The van der Waals surface area contributed by atoms with E-state index < -0.39 is 5.97 Å². The summed E-state index contributed by atoms with van der Waals surface area (Å²) in [6.45, 7) is 0. The number of aromatic nitrogens is 1. The van der Waals surface area contributed by atoms with Crippen molar-refractivity contribution in [3.63, 3.8) is 0 Å². The van der Waals surface area contributed by atoms with Crippen LogP contribution in [0.5, 0.6) is 0 Å². The zero-order valence-corrected chi connectivity index (χ0v) is 7.76. The molecule has 0 atom stereocenters. The number of nitrogens with zero attached hydrogens (tertiary/aromatic N) is 1. The minimum Gasteiger partial charge on any atom is -0.478 e. The Morgan fingerprint density at radius 3 is 2.69 bits per heavy atom. The molecule has 6 heteroatoms. The van der Waals surface area contributed by atoms with Crippen molar-refractivity contribution in [3.8, 4) is 0 Å². The summed E-state index contributed by atoms with van der Waals surface area (Å²) in [5.74, 6) is -0.545. The van der Waals surface area contributed by atoms with E-state index in [2.05, 4.69) is 10.3 Å². The number of nitrogen functional groups attached to an aromatic ring is 1. The molecule has 0 amide bonds. The summed E-state index contributed by atoms with van der Waals surface area (Å²) in [5, 5.41) is 11.3. The maximum atomic E-state index is 10.4. The van der Waals surface area contributed by atoms with Crippen LogP contribution in [0.15, 0.2) is 12.3 Å². The highest BCUT2D eigenvalue weighted by molar-refractivity contribution is 5.89. The lowest BCUT2D eigenvalue weighted by molar-refractivity contribution is 0.0696. The van der Waals surface area contributed by atoms with E-state index >= 15 is 0 Å². The molecule has 1 aromatic heterocycles. The van der Waals surface area contributed by atoms with Crippen LogP contribution in [-0.4, -0.2) is 23.1 Å². The molecule has 0 saturated carbocycles. The summed E-state index contributed by atoms with van der Waals surface area (Å²) in [4.78, 5) is 14.2. The first-order chi connectivity index (χ1) is 5.65. The van der Waals surface area contributed by atoms with Gasteiger partial charge >= 0.3 is 5.97 Å². The number of hydrogen-bond donors (Lipinski definition) is 3. The third-order valence-corrected chi connectivity index (χ3v) is 1.40. The van der Waals surface area contributed by atoms with Gasteiger partial charge in [0.25, 0.3) is 0 Å². The van der Waals surface area contributed by atoms with Gasteiger partial charge in [-0.05, 0) is 6.07 Å². The van der Waals surface area contributed by atoms with Crippen LogP contribution in [-0.2, 0) is 0 Å². The molecule has 1 aromatic rings. The molecule has 13 heavy (non-hydrogen) atoms. The summed E-state index contributed by atoms with van der Waals surface area (Å²) in [7, 11) is 1.67. The molecule has 0 aliphatic rings. The van der Waals surface area contributed by atoms with E-state index in [-0.39, 0.29) is 18.0 Å². The second kappa shape index (κ2) is 4.51. The average molecular weight is 204 g/mol. The first-order valence-electron chi connectivity index (χ1n) is 3.31. The number of carbonyl (C=O) groups is 1. The summed E-state index contributed by atoms with van der Waals surface area (Å²) in [5.41, 5.74) is 5.90. The Morgan fingerprint density at radius 1 is 1.69 bits per heavy atom. The number of hydrogen-bond acceptors (Lipinski definition) is 4. The summed E-state index contributed by atoms with van der Waals surface area (Å²) in [6.07, 6.45) is 1.25. The maximum absolute atomic E-state index is 10.4. The zero-order chi connectivity index (χ0) is 9.14. The zero-order valence-electron chi connectivity index (χ0n) is 6.94. The molecule has 72 valence electrons. The van der Waals surface area contributed by atoms with Gasteiger partial charge in [-0.1, -0.05) is 0 Å². The predicted octanol–water partition coefficient (Wildman–Crippen LogP) is 0.825. The van der Waals surface area contributed by atoms with Gasteiger partial charge in [-0.2, -0.15) is 0 Å². The molecule has 0 unspecified atom stereocenters. The normalized spacial score (nSPS) is 8.69. The number of nitrogens with one attached hydrogen (secondary N) is 1. The maximum Gasteiger partial charge on any atom is 0.337 e. The van der Waals surface area contributed by atoms with E-state index in [4.69, 9.17) is 10.8 Å². The highest BCUT2D eigenvalue weighted by atomic mass is 35.5. The van der Waals surface area contributed by atoms with Crippen LogP contribution >= 0.6 is 12.4 Å². The standard InChI is InChI=1S/C7H9N3O2.ClH/c1-9-6-5(8)2-4(3-10-6)7(11)12;/h2-3H,8H2,1H3,(H,9,10)(H,11,12);1H. The molecule has 0 spiro atoms. The highest BCUT2D eigenvalue weighted by Crippen LogP contribution is 2.14. The van der Waals surface area contributed by atoms with Crippen molar-refractivity contribution in [2.24, 2.45) is 0 Å². The van der Waals surface area contributed by atoms with E-state index in [1.54, 1.807) is 7.05 Å². The molecule has 0 bridgehead atoms. The van der Waals surface area contributed by atoms with Crippen molar-refractivity contribution < 1.29 is 9.90 Å². The number of halogens is 1. The van der Waals surface area contributed by atoms with E-state index in [9.17, 15) is 4.79 Å². The fraction of sp³-hybridized carbons (Fsp3) is 0.143. The number of pyridine rings is 1. The first kappa shape index (κ1) is 11.5. The lowest BCUT2D eigenvalue weighted by atomic mass is 10.2. The largest absolute Gasteiger partial charge is 0.478 e. The Bertz CT molecular complexity index is 317. The van der Waals surface area contributed by atoms with E-state index in [0.717, 1.165) is 0 Å². The predicted molar refractivity (Wildman–Crippen MR) is 52.4 cm³/mol. The molecule has 0 radical (unpaired) electrons. The summed E-state index contributed by atoms with van der Waals surface area (Å²) >= 11 is 0. The molecule has 0 aliphatic heterocycles. The van der Waals surface area contributed by atoms with Crippen LogP contribution in [0.25, 0.3) is 0 Å². The van der Waals surface area contributed by atoms with Crippen molar-refractivity contribution in [2.45, 2.75) is 0 Å². The van der Waals surface area contributed by atoms with Gasteiger partial charge in [0.1, 0.15) is 5.82 Å². The fourth-order valence-corrected chi connectivity index (χ4v) is 0.808. The van der Waals surface area contributed by atoms with Gasteiger partial charge in [0.2, 0.25) is 0 Å². The van der Waals surface area contributed by atoms with Crippen LogP contribution in [0.2, 0.25) is 0 Å². The number of aromatic carboxylic acids is 1. The van der Waals surface area contributed by atoms with Crippen molar-refractivity contribution in [1.82, 2.24) is 4.98 Å². The van der Waals surface area contributed by atoms with Crippen molar-refractivity contribution in [3.05, 3.63) is 17.8 Å². The van der Waals surface area contributed by atoms with Gasteiger partial charge < -0.3 is 16.2 Å². The molecule has 0 aromatic carbocycles. The lowest BCUT2D eigenvalue weighted by Gasteiger charge is -2.03. The van der Waals surface area contributed by atoms with E-state index in [1.165, 1.54) is 12.3 Å². The summed E-state index contributed by atoms with van der Waals surface area (Å²) < 4.78 is 0. The topological polar surface area (TPSA) is 88.2 Å². The minimum atomic E-state index is -1.03. The summed E-state index contributed by atoms with van der Waals surface area (Å²) in [6, 6.07) is 1.36. The van der Waals surface area contributed by atoms with Gasteiger partial charge in [0, 0.05) is 13.2 Å². The highest BCUT2D eigenvalue weighted by Gasteiger charge is 2.05. The second-order valence-electron chi connectivity index (χ2n) is 2.22. The third kappa shape index (κ3) is 2.48. The fourth-order valence-electron chi connectivity index (χ4n) is 0.808. The number of anilines is 2. The van der Waals surface area contributed by atoms with Crippen LogP contribution in [0, 0.1) is 0 Å². The molecular weight excluding hydrogens is 194 g/mol. The number of nitrogens with two attached hydrogens (primary N) is 1. The third-order valence-electron chi connectivity index (χ3n) is 1.40. The Morgan fingerprint density at radius 2 is 2.31 bits per heavy atom. The Labute approximate surface area is 81.4 Å². The number of carboxylic acids is 1. The van der Waals surface area contributed by atoms with Crippen LogP contribution in [0.1, 0.15) is 10.4 Å². The van der Waals surface area contributed by atoms with Crippen molar-refractivity contribution in [2.75, 3.05) is 18.1 Å². The molecule has 1 rings (SSSR count). The molecule has 1 heterocycles. The van der Waals surface area contributed by atoms with Crippen molar-refractivity contribution in [1.29, 1.82) is 0 Å². The first-order valence-corrected chi connectivity index (χ1v) is 3.31. The molecule has 0 aliphatic carbocycles. The minimum absolute atomic E-state index is 0. The number of rotatable bonds is 2. The smallest absolute Gasteiger partial charge is 0.337 e. The van der Waals surface area contributed by atoms with E-state index in [0.29, 0.717) is 11.5 Å². The van der Waals surface area contributed by atoms with Gasteiger partial charge in [-0.25, -0.2) is 9.78 Å². The van der Waals surface area contributed by atoms with Gasteiger partial charge in [-0.15, -0.1) is 12.4 Å². The lowest BCUT2D eigenvalue weighted by Crippen LogP contribution is -2.03. The quantitative estimate of drug-likeness (QED) is 0.663. The van der Waals surface area contributed by atoms with Crippen molar-refractivity contribution >= 4 is 29.9 Å². The molecular formula is C7H10ClN3O2. The Kier molecular flexibility index (Phi) is 4.00. The number of carboxylic acid groups (broad SMARTS) is 1. The van der Waals surface area contributed by atoms with Crippen LogP contribution in [0.4, 0.5) is 11.5 Å². The average Bonchev–Trinajstić information content (AvgIpc) is 2.04. The van der Waals surface area contributed by atoms with E-state index in [1.807, 2.05) is 0 Å².